The molecular formula is C11H12O4S. The Bertz CT molecular complexity index is 474. The minimum Gasteiger partial charge on any atom is -0.466 e. The molecule has 0 aliphatic heterocycles. The molecule has 86 valence electrons. The van der Waals surface area contributed by atoms with Crippen LogP contribution in [0.15, 0.2) is 47.4 Å². The fraction of sp³-hybridized carbons (Fsp3) is 0.182. The van der Waals surface area contributed by atoms with Crippen LogP contribution in [-0.2, 0) is 19.4 Å². The summed E-state index contributed by atoms with van der Waals surface area (Å²) in [4.78, 5) is 11.0. The van der Waals surface area contributed by atoms with Crippen molar-refractivity contribution in [1.29, 1.82) is 0 Å². The summed E-state index contributed by atoms with van der Waals surface area (Å²) >= 11 is 0. The second-order valence-electron chi connectivity index (χ2n) is 3.02. The lowest BCUT2D eigenvalue weighted by Gasteiger charge is -1.99. The van der Waals surface area contributed by atoms with Gasteiger partial charge in [-0.25, -0.2) is 13.2 Å². The average Bonchev–Trinajstić information content (AvgIpc) is 2.30. The van der Waals surface area contributed by atoms with Crippen LogP contribution in [-0.4, -0.2) is 27.2 Å². The van der Waals surface area contributed by atoms with Crippen molar-refractivity contribution >= 4 is 15.8 Å². The van der Waals surface area contributed by atoms with Gasteiger partial charge in [-0.3, -0.25) is 0 Å². The number of rotatable bonds is 4. The SMILES string of the molecule is COC(=O)/C=C/CS(=O)(=O)c1ccccc1. The van der Waals surface area contributed by atoms with Crippen molar-refractivity contribution in [2.45, 2.75) is 4.90 Å². The monoisotopic (exact) mass is 240 g/mol. The summed E-state index contributed by atoms with van der Waals surface area (Å²) in [5.41, 5.74) is 0. The third kappa shape index (κ3) is 3.51. The van der Waals surface area contributed by atoms with Crippen molar-refractivity contribution in [2.24, 2.45) is 0 Å². The Kier molecular flexibility index (Phi) is 4.25. The second-order valence-corrected chi connectivity index (χ2v) is 5.05. The van der Waals surface area contributed by atoms with Crippen LogP contribution in [0.5, 0.6) is 0 Å². The summed E-state index contributed by atoms with van der Waals surface area (Å²) in [6, 6.07) is 8.07. The molecule has 0 atom stereocenters. The van der Waals surface area contributed by atoms with E-state index in [0.29, 0.717) is 0 Å². The molecule has 4 nitrogen and oxygen atoms in total. The molecule has 1 aromatic rings. The molecule has 0 N–H and O–H groups in total. The highest BCUT2D eigenvalue weighted by Gasteiger charge is 2.11. The van der Waals surface area contributed by atoms with Crippen molar-refractivity contribution in [3.05, 3.63) is 42.5 Å². The van der Waals surface area contributed by atoms with Gasteiger partial charge in [0.1, 0.15) is 0 Å². The van der Waals surface area contributed by atoms with E-state index in [9.17, 15) is 13.2 Å². The molecule has 0 radical (unpaired) electrons. The highest BCUT2D eigenvalue weighted by atomic mass is 32.2. The van der Waals surface area contributed by atoms with Crippen molar-refractivity contribution in [3.63, 3.8) is 0 Å². The molecule has 0 aliphatic rings. The first-order chi connectivity index (χ1) is 7.56. The normalized spacial score (nSPS) is 11.6. The van der Waals surface area contributed by atoms with E-state index in [2.05, 4.69) is 4.74 Å². The molecule has 0 spiro atoms. The quantitative estimate of drug-likeness (QED) is 0.586. The van der Waals surface area contributed by atoms with Crippen molar-refractivity contribution in [1.82, 2.24) is 0 Å². The van der Waals surface area contributed by atoms with Gasteiger partial charge in [-0.1, -0.05) is 24.3 Å². The molecule has 0 fully saturated rings. The Morgan fingerprint density at radius 1 is 1.31 bits per heavy atom. The van der Waals surface area contributed by atoms with Crippen molar-refractivity contribution in [3.8, 4) is 0 Å². The summed E-state index contributed by atoms with van der Waals surface area (Å²) in [5, 5.41) is 0. The first kappa shape index (κ1) is 12.4. The van der Waals surface area contributed by atoms with Gasteiger partial charge >= 0.3 is 5.97 Å². The molecule has 0 amide bonds. The Hall–Kier alpha value is -1.62. The number of hydrogen-bond donors (Lipinski definition) is 0. The van der Waals surface area contributed by atoms with Gasteiger partial charge in [0.15, 0.2) is 9.84 Å². The minimum atomic E-state index is -3.36. The van der Waals surface area contributed by atoms with Gasteiger partial charge in [0.2, 0.25) is 0 Å². The molecule has 0 aliphatic carbocycles. The average molecular weight is 240 g/mol. The molecule has 0 saturated carbocycles. The molecular weight excluding hydrogens is 228 g/mol. The zero-order valence-corrected chi connectivity index (χ0v) is 9.61. The molecule has 5 heteroatoms. The standard InChI is InChI=1S/C11H12O4S/c1-15-11(12)8-5-9-16(13,14)10-6-3-2-4-7-10/h2-8H,9H2,1H3/b8-5+. The molecule has 1 rings (SSSR count). The van der Waals surface area contributed by atoms with Crippen molar-refractivity contribution in [2.75, 3.05) is 12.9 Å². The summed E-state index contributed by atoms with van der Waals surface area (Å²) in [6.07, 6.45) is 2.37. The van der Waals surface area contributed by atoms with E-state index in [1.807, 2.05) is 0 Å². The number of esters is 1. The zero-order valence-electron chi connectivity index (χ0n) is 8.79. The fourth-order valence-electron chi connectivity index (χ4n) is 1.06. The van der Waals surface area contributed by atoms with E-state index < -0.39 is 15.8 Å². The van der Waals surface area contributed by atoms with E-state index in [4.69, 9.17) is 0 Å². The summed E-state index contributed by atoms with van der Waals surface area (Å²) in [6.45, 7) is 0. The third-order valence-corrected chi connectivity index (χ3v) is 3.49. The molecule has 0 heterocycles. The Morgan fingerprint density at radius 2 is 1.94 bits per heavy atom. The summed E-state index contributed by atoms with van der Waals surface area (Å²) in [7, 11) is -2.12. The number of hydrogen-bond acceptors (Lipinski definition) is 4. The van der Waals surface area contributed by atoms with Crippen LogP contribution in [0.3, 0.4) is 0 Å². The van der Waals surface area contributed by atoms with Gasteiger partial charge in [-0.15, -0.1) is 0 Å². The van der Waals surface area contributed by atoms with Crippen LogP contribution in [0.4, 0.5) is 0 Å². The zero-order chi connectivity index (χ0) is 12.0. The van der Waals surface area contributed by atoms with Crippen LogP contribution in [0, 0.1) is 0 Å². The Balaban J connectivity index is 2.75. The highest BCUT2D eigenvalue weighted by Crippen LogP contribution is 2.09. The van der Waals surface area contributed by atoms with Crippen molar-refractivity contribution < 1.29 is 17.9 Å². The molecule has 16 heavy (non-hydrogen) atoms. The maximum Gasteiger partial charge on any atom is 0.330 e. The molecule has 0 saturated heterocycles. The van der Waals surface area contributed by atoms with Crippen LogP contribution in [0.1, 0.15) is 0 Å². The maximum absolute atomic E-state index is 11.7. The fourth-order valence-corrected chi connectivity index (χ4v) is 2.18. The van der Waals surface area contributed by atoms with E-state index in [0.717, 1.165) is 6.08 Å². The van der Waals surface area contributed by atoms with Gasteiger partial charge in [-0.2, -0.15) is 0 Å². The van der Waals surface area contributed by atoms with Crippen LogP contribution in [0.2, 0.25) is 0 Å². The van der Waals surface area contributed by atoms with E-state index in [1.165, 1.54) is 25.3 Å². The largest absolute Gasteiger partial charge is 0.466 e. The smallest absolute Gasteiger partial charge is 0.330 e. The number of ether oxygens (including phenoxy) is 1. The predicted molar refractivity (Wildman–Crippen MR) is 59.7 cm³/mol. The molecule has 0 unspecified atom stereocenters. The van der Waals surface area contributed by atoms with Crippen LogP contribution in [0.25, 0.3) is 0 Å². The first-order valence-corrected chi connectivity index (χ1v) is 6.24. The minimum absolute atomic E-state index is 0.216. The third-order valence-electron chi connectivity index (χ3n) is 1.87. The molecule has 1 aromatic carbocycles. The van der Waals surface area contributed by atoms with Gasteiger partial charge in [-0.05, 0) is 12.1 Å². The molecule has 0 bridgehead atoms. The van der Waals surface area contributed by atoms with E-state index >= 15 is 0 Å². The topological polar surface area (TPSA) is 60.4 Å². The number of carbonyl (C=O) groups is 1. The first-order valence-electron chi connectivity index (χ1n) is 4.58. The lowest BCUT2D eigenvalue weighted by molar-refractivity contribution is -0.134. The van der Waals surface area contributed by atoms with Gasteiger partial charge in [0.25, 0.3) is 0 Å². The van der Waals surface area contributed by atoms with Crippen LogP contribution >= 0.6 is 0 Å². The number of carbonyl (C=O) groups excluding carboxylic acids is 1. The number of benzene rings is 1. The highest BCUT2D eigenvalue weighted by molar-refractivity contribution is 7.91. The molecule has 0 aromatic heterocycles. The van der Waals surface area contributed by atoms with Gasteiger partial charge in [0, 0.05) is 6.08 Å². The van der Waals surface area contributed by atoms with E-state index in [1.54, 1.807) is 18.2 Å². The lowest BCUT2D eigenvalue weighted by Crippen LogP contribution is -2.05. The number of methoxy groups -OCH3 is 1. The number of sulfone groups is 1. The Morgan fingerprint density at radius 3 is 2.50 bits per heavy atom. The summed E-state index contributed by atoms with van der Waals surface area (Å²) in [5.74, 6) is -0.783. The summed E-state index contributed by atoms with van der Waals surface area (Å²) < 4.78 is 27.7. The van der Waals surface area contributed by atoms with Crippen LogP contribution < -0.4 is 0 Å². The second kappa shape index (κ2) is 5.46. The predicted octanol–water partition coefficient (Wildman–Crippen LogP) is 1.19. The van der Waals surface area contributed by atoms with Gasteiger partial charge < -0.3 is 4.74 Å². The lowest BCUT2D eigenvalue weighted by atomic mass is 10.4. The van der Waals surface area contributed by atoms with Gasteiger partial charge in [0.05, 0.1) is 17.8 Å². The van der Waals surface area contributed by atoms with E-state index in [-0.39, 0.29) is 10.6 Å². The maximum atomic E-state index is 11.7. The Labute approximate surface area is 94.5 Å².